The Hall–Kier alpha value is -4.94. The number of unbranched alkanes of at least 4 members (excludes halogenated alkanes) is 7. The third-order valence-electron chi connectivity index (χ3n) is 20.8. The fourth-order valence-corrected chi connectivity index (χ4v) is 16.2. The number of carbonyl (C=O) groups excluding carboxylic acids is 2. The molecule has 8 rings (SSSR count). The van der Waals surface area contributed by atoms with E-state index in [0.717, 1.165) is 109 Å². The molecule has 11 atom stereocenters. The van der Waals surface area contributed by atoms with Crippen LogP contribution in [0.15, 0.2) is 63.8 Å². The average molecular weight is 1160 g/mol. The average Bonchev–Trinajstić information content (AvgIpc) is 2.18. The molecular formula is C68H102N6O10. The van der Waals surface area contributed by atoms with E-state index in [1.54, 1.807) is 24.3 Å². The minimum Gasteiger partial charge on any atom is -0.508 e. The number of fused-ring (bicyclic) bond motifs is 7. The van der Waals surface area contributed by atoms with Crippen LogP contribution >= 0.6 is 0 Å². The van der Waals surface area contributed by atoms with Crippen molar-refractivity contribution in [1.82, 2.24) is 10.2 Å². The van der Waals surface area contributed by atoms with Crippen LogP contribution in [0.5, 0.6) is 5.75 Å². The largest absolute Gasteiger partial charge is 0.508 e. The Kier molecular flexibility index (Phi) is 23.3. The molecule has 2 aromatic rings. The van der Waals surface area contributed by atoms with Crippen molar-refractivity contribution in [2.24, 2.45) is 63.4 Å². The van der Waals surface area contributed by atoms with Gasteiger partial charge in [0, 0.05) is 97.0 Å². The van der Waals surface area contributed by atoms with Crippen molar-refractivity contribution < 1.29 is 43.2 Å². The maximum absolute atomic E-state index is 14.2. The van der Waals surface area contributed by atoms with Gasteiger partial charge in [-0.05, 0) is 187 Å². The van der Waals surface area contributed by atoms with Gasteiger partial charge >= 0.3 is 5.97 Å². The van der Waals surface area contributed by atoms with Crippen molar-refractivity contribution >= 4 is 28.8 Å². The molecule has 464 valence electrons. The second-order valence-electron chi connectivity index (χ2n) is 26.0. The summed E-state index contributed by atoms with van der Waals surface area (Å²) >= 11 is 0. The Morgan fingerprint density at radius 2 is 1.49 bits per heavy atom. The normalized spacial score (nSPS) is 26.8. The van der Waals surface area contributed by atoms with E-state index in [9.17, 15) is 29.4 Å². The summed E-state index contributed by atoms with van der Waals surface area (Å²) in [6, 6.07) is 13.4. The maximum atomic E-state index is 14.2. The first-order chi connectivity index (χ1) is 40.5. The van der Waals surface area contributed by atoms with E-state index in [4.69, 9.17) is 41.6 Å². The molecule has 0 radical (unpaired) electrons. The number of hydrogen-bond donors (Lipinski definition) is 7. The molecule has 2 aromatic carbocycles. The lowest BCUT2D eigenvalue weighted by atomic mass is 9.39. The third kappa shape index (κ3) is 14.5. The van der Waals surface area contributed by atoms with Crippen molar-refractivity contribution in [3.8, 4) is 28.2 Å². The van der Waals surface area contributed by atoms with Gasteiger partial charge in [0.15, 0.2) is 5.43 Å². The lowest BCUT2D eigenvalue weighted by Crippen LogP contribution is -2.76. The van der Waals surface area contributed by atoms with E-state index in [-0.39, 0.29) is 74.6 Å². The smallest absolute Gasteiger partial charge is 0.336 e. The van der Waals surface area contributed by atoms with Crippen molar-refractivity contribution in [3.05, 3.63) is 75.9 Å². The van der Waals surface area contributed by atoms with E-state index in [2.05, 4.69) is 37.9 Å². The van der Waals surface area contributed by atoms with Crippen LogP contribution in [0, 0.1) is 40.4 Å². The molecule has 4 saturated carbocycles. The molecule has 5 aliphatic carbocycles. The van der Waals surface area contributed by atoms with Gasteiger partial charge in [-0.15, -0.1) is 0 Å². The molecule has 16 nitrogen and oxygen atoms in total. The highest BCUT2D eigenvalue weighted by atomic mass is 16.5. The number of nitrogens with zero attached hydrogens (tertiary/aromatic N) is 1. The number of phenolic OH excluding ortho intramolecular Hbond substituents is 1. The van der Waals surface area contributed by atoms with Gasteiger partial charge in [-0.1, -0.05) is 72.3 Å². The number of ether oxygens (including phenoxy) is 3. The molecule has 3 unspecified atom stereocenters. The molecule has 11 N–H and O–H groups in total. The van der Waals surface area contributed by atoms with Gasteiger partial charge in [-0.2, -0.15) is 0 Å². The van der Waals surface area contributed by atoms with Gasteiger partial charge in [-0.3, -0.25) is 14.4 Å². The van der Waals surface area contributed by atoms with Gasteiger partial charge in [-0.25, -0.2) is 4.79 Å². The number of aromatic hydroxyl groups is 1. The zero-order chi connectivity index (χ0) is 60.0. The topological polar surface area (TPSA) is 269 Å². The summed E-state index contributed by atoms with van der Waals surface area (Å²) in [6.07, 6.45) is 21.2. The fourth-order valence-electron chi connectivity index (χ4n) is 16.2. The summed E-state index contributed by atoms with van der Waals surface area (Å²) in [5, 5.41) is 24.2. The number of aromatic carboxylic acids is 1. The van der Waals surface area contributed by atoms with Gasteiger partial charge < -0.3 is 62.0 Å². The van der Waals surface area contributed by atoms with Gasteiger partial charge in [0.1, 0.15) is 17.1 Å². The van der Waals surface area contributed by atoms with Crippen LogP contribution in [0.3, 0.4) is 0 Å². The van der Waals surface area contributed by atoms with Gasteiger partial charge in [0.05, 0.1) is 23.9 Å². The first-order valence-corrected chi connectivity index (χ1v) is 32.4. The number of amides is 2. The minimum atomic E-state index is -1.22. The molecule has 0 saturated heterocycles. The lowest BCUT2D eigenvalue weighted by Gasteiger charge is -2.69. The number of nitrogens with one attached hydrogen (secondary N) is 1. The molecule has 2 amide bonds. The number of nitrogens with two attached hydrogens (primary N) is 4. The zero-order valence-electron chi connectivity index (χ0n) is 51.2. The highest BCUT2D eigenvalue weighted by molar-refractivity contribution is 6.09. The SMILES string of the molecule is CCCCCCCCN(CCC[C@@H](C)[C@H]1CC[C@H]2C3[C@H](OCCCN)CC4C[C@H](OCCCN)CC[C@]4(C)[C@@]3(N)C[C@H](OCCCN)C12C)C(=O)CCCCCNC(=O)c1ccc(-c2c3ccc(=O)cc-3oc3cc(O)ccc23)c(C(=O)O)c1. The molecule has 0 bridgehead atoms. The first-order valence-electron chi connectivity index (χ1n) is 32.4. The number of carbonyl (C=O) groups is 3. The zero-order valence-corrected chi connectivity index (χ0v) is 51.2. The quantitative estimate of drug-likeness (QED) is 0.0173. The number of phenols is 1. The fraction of sp³-hybridized carbons (Fsp3) is 0.676. The van der Waals surface area contributed by atoms with E-state index in [1.807, 2.05) is 0 Å². The molecule has 84 heavy (non-hydrogen) atoms. The maximum Gasteiger partial charge on any atom is 0.336 e. The molecular weight excluding hydrogens is 1060 g/mol. The Labute approximate surface area is 499 Å². The standard InChI is InChI=1S/C68H102N6O10/c1-5-6-7-8-9-13-34-74(61(77)19-11-10-12-33-73-64(78)46-20-23-51(54(39-46)65(79)80)62-52-24-21-48(75)42-57(52)84-58-43-49(76)22-25-53(58)62)35-14-18-45(2)55-26-27-56-63-59(82-37-16-31-70)41-47-40-50(81-36-15-30-69)28-29-66(47,3)68(63,72)44-60(67(55,56)4)83-38-17-32-71/h20-25,39,42-43,45,47,50,55-56,59-60,63,75H,5-19,26-38,40-41,44,69-72H2,1-4H3,(H,73,78)(H,79,80)/t45-,47?,50-,55-,56+,59-,60+,63?,66+,67?,68-/m1/s1. The van der Waals surface area contributed by atoms with E-state index < -0.39 is 17.4 Å². The number of rotatable bonds is 33. The number of carboxylic acids is 1. The third-order valence-corrected chi connectivity index (χ3v) is 20.8. The first kappa shape index (κ1) is 65.0. The second kappa shape index (κ2) is 30.1. The van der Waals surface area contributed by atoms with E-state index in [1.165, 1.54) is 56.0 Å². The van der Waals surface area contributed by atoms with Crippen molar-refractivity contribution in [2.45, 2.75) is 193 Å². The minimum absolute atomic E-state index is 0.00549. The van der Waals surface area contributed by atoms with E-state index in [0.29, 0.717) is 111 Å². The predicted molar refractivity (Wildman–Crippen MR) is 332 cm³/mol. The summed E-state index contributed by atoms with van der Waals surface area (Å²) in [5.41, 5.74) is 27.0. The van der Waals surface area contributed by atoms with Gasteiger partial charge in [0.25, 0.3) is 5.91 Å². The number of hydrogen-bond acceptors (Lipinski definition) is 13. The summed E-state index contributed by atoms with van der Waals surface area (Å²) < 4.78 is 26.5. The Morgan fingerprint density at radius 1 is 0.786 bits per heavy atom. The Morgan fingerprint density at radius 3 is 2.24 bits per heavy atom. The molecule has 16 heteroatoms. The van der Waals surface area contributed by atoms with Crippen LogP contribution < -0.4 is 33.7 Å². The molecule has 1 heterocycles. The monoisotopic (exact) mass is 1160 g/mol. The molecule has 1 aliphatic heterocycles. The molecule has 4 fully saturated rings. The molecule has 6 aliphatic rings. The summed E-state index contributed by atoms with van der Waals surface area (Å²) in [6.45, 7) is 15.3. The number of carboxylic acid groups (broad SMARTS) is 1. The van der Waals surface area contributed by atoms with Crippen LogP contribution in [0.4, 0.5) is 0 Å². The second-order valence-corrected chi connectivity index (χ2v) is 26.0. The highest BCUT2D eigenvalue weighted by Crippen LogP contribution is 2.70. The van der Waals surface area contributed by atoms with Crippen LogP contribution in [-0.2, 0) is 19.0 Å². The van der Waals surface area contributed by atoms with E-state index >= 15 is 0 Å². The number of benzene rings is 3. The summed E-state index contributed by atoms with van der Waals surface area (Å²) in [4.78, 5) is 54.9. The van der Waals surface area contributed by atoms with Crippen LogP contribution in [0.1, 0.15) is 190 Å². The Bertz CT molecular complexity index is 2830. The highest BCUT2D eigenvalue weighted by Gasteiger charge is 2.71. The van der Waals surface area contributed by atoms with Crippen LogP contribution in [0.2, 0.25) is 0 Å². The Balaban J connectivity index is 0.887. The molecule has 0 spiro atoms. The summed E-state index contributed by atoms with van der Waals surface area (Å²) in [7, 11) is 0. The van der Waals surface area contributed by atoms with Crippen molar-refractivity contribution in [3.63, 3.8) is 0 Å². The van der Waals surface area contributed by atoms with Crippen LogP contribution in [0.25, 0.3) is 33.4 Å². The van der Waals surface area contributed by atoms with Gasteiger partial charge in [0.2, 0.25) is 5.91 Å². The summed E-state index contributed by atoms with van der Waals surface area (Å²) in [5.74, 6) is 0.526. The van der Waals surface area contributed by atoms with Crippen LogP contribution in [-0.4, -0.2) is 116 Å². The van der Waals surface area contributed by atoms with Crippen molar-refractivity contribution in [2.75, 3.05) is 59.1 Å². The van der Waals surface area contributed by atoms with Crippen molar-refractivity contribution in [1.29, 1.82) is 0 Å². The lowest BCUT2D eigenvalue weighted by molar-refractivity contribution is -0.237. The molecule has 0 aromatic heterocycles. The predicted octanol–water partition coefficient (Wildman–Crippen LogP) is 11.0.